The first-order chi connectivity index (χ1) is 26.0. The first-order valence-electron chi connectivity index (χ1n) is 22.2. The zero-order valence-corrected chi connectivity index (χ0v) is 34.8. The molecule has 0 aliphatic carbocycles. The molecule has 1 atom stereocenters. The quantitative estimate of drug-likeness (QED) is 0.0205. The van der Waals surface area contributed by atoms with Crippen molar-refractivity contribution in [1.29, 1.82) is 0 Å². The second-order valence-corrected chi connectivity index (χ2v) is 14.6. The molecule has 0 spiro atoms. The third-order valence-electron chi connectivity index (χ3n) is 9.35. The van der Waals surface area contributed by atoms with Crippen molar-refractivity contribution in [3.8, 4) is 0 Å². The van der Waals surface area contributed by atoms with Crippen LogP contribution in [0.3, 0.4) is 0 Å². The lowest BCUT2D eigenvalue weighted by molar-refractivity contribution is -0.167. The Morgan fingerprint density at radius 2 is 0.811 bits per heavy atom. The van der Waals surface area contributed by atoms with Gasteiger partial charge in [0.05, 0.1) is 0 Å². The number of hydrogen-bond donors (Lipinski definition) is 0. The molecule has 0 N–H and O–H groups in total. The summed E-state index contributed by atoms with van der Waals surface area (Å²) in [5.41, 5.74) is 0. The average molecular weight is 743 g/mol. The highest BCUT2D eigenvalue weighted by Gasteiger charge is 2.19. The van der Waals surface area contributed by atoms with E-state index in [-0.39, 0.29) is 31.1 Å². The molecule has 6 nitrogen and oxygen atoms in total. The van der Waals surface area contributed by atoms with Crippen molar-refractivity contribution in [2.24, 2.45) is 0 Å². The summed E-state index contributed by atoms with van der Waals surface area (Å²) >= 11 is 0. The third-order valence-corrected chi connectivity index (χ3v) is 9.35. The first-order valence-corrected chi connectivity index (χ1v) is 22.2. The van der Waals surface area contributed by atoms with Crippen molar-refractivity contribution >= 4 is 17.9 Å². The molecule has 0 amide bonds. The van der Waals surface area contributed by atoms with Gasteiger partial charge < -0.3 is 14.2 Å². The Labute approximate surface area is 327 Å². The highest BCUT2D eigenvalue weighted by atomic mass is 16.6. The molecule has 0 aliphatic rings. The fraction of sp³-hybridized carbons (Fsp3) is 0.766. The molecular weight excluding hydrogens is 661 g/mol. The molecule has 53 heavy (non-hydrogen) atoms. The molecule has 1 unspecified atom stereocenters. The highest BCUT2D eigenvalue weighted by molar-refractivity contribution is 5.71. The molecule has 6 heteroatoms. The SMILES string of the molecule is CC/C=C\C/C=C\CCCCC(=O)OCC(COC(=O)CCCCCCCCCCCCCCCCC)OC(=O)CCCCC/C=C\C=C/CCCC. The topological polar surface area (TPSA) is 78.9 Å². The third kappa shape index (κ3) is 40.4. The first kappa shape index (κ1) is 50.4. The molecule has 0 saturated carbocycles. The minimum absolute atomic E-state index is 0.0928. The van der Waals surface area contributed by atoms with Crippen LogP contribution in [0.25, 0.3) is 0 Å². The zero-order chi connectivity index (χ0) is 38.7. The van der Waals surface area contributed by atoms with Gasteiger partial charge in [0.2, 0.25) is 0 Å². The summed E-state index contributed by atoms with van der Waals surface area (Å²) in [6, 6.07) is 0. The molecule has 0 radical (unpaired) electrons. The molecule has 0 aromatic carbocycles. The molecule has 0 aromatic heterocycles. The summed E-state index contributed by atoms with van der Waals surface area (Å²) in [7, 11) is 0. The van der Waals surface area contributed by atoms with Crippen LogP contribution in [-0.2, 0) is 28.6 Å². The van der Waals surface area contributed by atoms with Crippen molar-refractivity contribution in [3.63, 3.8) is 0 Å². The van der Waals surface area contributed by atoms with Crippen molar-refractivity contribution in [2.45, 2.75) is 219 Å². The summed E-state index contributed by atoms with van der Waals surface area (Å²) in [5.74, 6) is -0.962. The second kappa shape index (κ2) is 42.1. The lowest BCUT2D eigenvalue weighted by atomic mass is 10.0. The van der Waals surface area contributed by atoms with Gasteiger partial charge in [-0.1, -0.05) is 179 Å². The van der Waals surface area contributed by atoms with E-state index in [0.717, 1.165) is 83.5 Å². The number of carbonyl (C=O) groups is 3. The molecule has 0 rings (SSSR count). The van der Waals surface area contributed by atoms with Crippen LogP contribution in [-0.4, -0.2) is 37.2 Å². The Bertz CT molecular complexity index is 949. The van der Waals surface area contributed by atoms with Gasteiger partial charge in [-0.15, -0.1) is 0 Å². The summed E-state index contributed by atoms with van der Waals surface area (Å²) in [5, 5.41) is 0. The van der Waals surface area contributed by atoms with E-state index in [4.69, 9.17) is 14.2 Å². The predicted octanol–water partition coefficient (Wildman–Crippen LogP) is 14.0. The number of hydrogen-bond acceptors (Lipinski definition) is 6. The summed E-state index contributed by atoms with van der Waals surface area (Å²) in [6.45, 7) is 6.39. The van der Waals surface area contributed by atoms with Gasteiger partial charge in [-0.25, -0.2) is 0 Å². The second-order valence-electron chi connectivity index (χ2n) is 14.6. The number of rotatable bonds is 39. The number of allylic oxidation sites excluding steroid dienone is 8. The van der Waals surface area contributed by atoms with Crippen LogP contribution in [0.2, 0.25) is 0 Å². The van der Waals surface area contributed by atoms with Crippen LogP contribution in [0.15, 0.2) is 48.6 Å². The molecule has 0 aromatic rings. The average Bonchev–Trinajstić information content (AvgIpc) is 3.15. The van der Waals surface area contributed by atoms with Gasteiger partial charge in [0.25, 0.3) is 0 Å². The van der Waals surface area contributed by atoms with E-state index in [1.807, 2.05) is 0 Å². The highest BCUT2D eigenvalue weighted by Crippen LogP contribution is 2.14. The molecule has 0 bridgehead atoms. The predicted molar refractivity (Wildman–Crippen MR) is 224 cm³/mol. The largest absolute Gasteiger partial charge is 0.462 e. The Balaban J connectivity index is 4.38. The maximum Gasteiger partial charge on any atom is 0.306 e. The fourth-order valence-electron chi connectivity index (χ4n) is 5.98. The molecule has 0 aliphatic heterocycles. The monoisotopic (exact) mass is 743 g/mol. The Morgan fingerprint density at radius 3 is 1.34 bits per heavy atom. The number of carbonyl (C=O) groups excluding carboxylic acids is 3. The minimum Gasteiger partial charge on any atom is -0.462 e. The lowest BCUT2D eigenvalue weighted by Gasteiger charge is -2.18. The van der Waals surface area contributed by atoms with Crippen LogP contribution in [0.5, 0.6) is 0 Å². The van der Waals surface area contributed by atoms with Crippen LogP contribution in [0.4, 0.5) is 0 Å². The molecular formula is C47H82O6. The van der Waals surface area contributed by atoms with Crippen molar-refractivity contribution in [1.82, 2.24) is 0 Å². The van der Waals surface area contributed by atoms with E-state index < -0.39 is 6.10 Å². The van der Waals surface area contributed by atoms with Gasteiger partial charge in [0, 0.05) is 19.3 Å². The van der Waals surface area contributed by atoms with Gasteiger partial charge >= 0.3 is 17.9 Å². The van der Waals surface area contributed by atoms with Crippen molar-refractivity contribution < 1.29 is 28.6 Å². The number of unbranched alkanes of at least 4 members (excludes halogenated alkanes) is 21. The molecule has 0 heterocycles. The van der Waals surface area contributed by atoms with Gasteiger partial charge in [0.1, 0.15) is 13.2 Å². The van der Waals surface area contributed by atoms with Gasteiger partial charge in [-0.05, 0) is 64.2 Å². The van der Waals surface area contributed by atoms with Crippen LogP contribution >= 0.6 is 0 Å². The number of ether oxygens (including phenoxy) is 3. The van der Waals surface area contributed by atoms with Gasteiger partial charge in [-0.3, -0.25) is 14.4 Å². The normalized spacial score (nSPS) is 12.4. The maximum atomic E-state index is 12.7. The summed E-state index contributed by atoms with van der Waals surface area (Å²) < 4.78 is 16.6. The molecule has 0 saturated heterocycles. The fourth-order valence-corrected chi connectivity index (χ4v) is 5.98. The van der Waals surface area contributed by atoms with Crippen LogP contribution < -0.4 is 0 Å². The zero-order valence-electron chi connectivity index (χ0n) is 34.8. The van der Waals surface area contributed by atoms with Crippen molar-refractivity contribution in [3.05, 3.63) is 48.6 Å². The van der Waals surface area contributed by atoms with E-state index >= 15 is 0 Å². The van der Waals surface area contributed by atoms with Gasteiger partial charge in [-0.2, -0.15) is 0 Å². The van der Waals surface area contributed by atoms with E-state index in [1.165, 1.54) is 89.9 Å². The lowest BCUT2D eigenvalue weighted by Crippen LogP contribution is -2.30. The molecule has 0 fully saturated rings. The molecule has 306 valence electrons. The van der Waals surface area contributed by atoms with E-state index in [2.05, 4.69) is 69.4 Å². The Morgan fingerprint density at radius 1 is 0.415 bits per heavy atom. The van der Waals surface area contributed by atoms with Crippen LogP contribution in [0, 0.1) is 0 Å². The standard InChI is InChI=1S/C47H82O6/c1-4-7-10-13-16-19-21-22-23-24-26-28-31-34-37-40-46(49)52-43-44(42-51-45(48)39-36-33-30-27-18-15-12-9-6-3)53-47(50)41-38-35-32-29-25-20-17-14-11-8-5-2/h9,12,14,17-18,20,25,27,44H,4-8,10-11,13,15-16,19,21-24,26,28-43H2,1-3H3/b12-9-,17-14-,25-20-,27-18-. The number of esters is 3. The van der Waals surface area contributed by atoms with E-state index in [0.29, 0.717) is 19.3 Å². The van der Waals surface area contributed by atoms with Gasteiger partial charge in [0.15, 0.2) is 6.10 Å². The minimum atomic E-state index is -0.794. The van der Waals surface area contributed by atoms with E-state index in [9.17, 15) is 14.4 Å². The van der Waals surface area contributed by atoms with Crippen molar-refractivity contribution in [2.75, 3.05) is 13.2 Å². The maximum absolute atomic E-state index is 12.7. The van der Waals surface area contributed by atoms with Crippen LogP contribution in [0.1, 0.15) is 213 Å². The Kier molecular flexibility index (Phi) is 40.0. The summed E-state index contributed by atoms with van der Waals surface area (Å²) in [4.78, 5) is 37.6. The summed E-state index contributed by atoms with van der Waals surface area (Å²) in [6.07, 6.45) is 48.2. The van der Waals surface area contributed by atoms with E-state index in [1.54, 1.807) is 0 Å². The Hall–Kier alpha value is -2.63. The smallest absolute Gasteiger partial charge is 0.306 e.